The monoisotopic (exact) mass is 245 g/mol. The Kier molecular flexibility index (Phi) is 3.88. The van der Waals surface area contributed by atoms with Crippen LogP contribution < -0.4 is 10.6 Å². The van der Waals surface area contributed by atoms with Gasteiger partial charge in [0.2, 0.25) is 0 Å². The predicted molar refractivity (Wildman–Crippen MR) is 75.3 cm³/mol. The van der Waals surface area contributed by atoms with Crippen LogP contribution in [0.5, 0.6) is 0 Å². The Bertz CT molecular complexity index is 482. The number of thioether (sulfide) groups is 1. The molecular weight excluding hydrogens is 230 g/mol. The molecule has 0 unspecified atom stereocenters. The van der Waals surface area contributed by atoms with E-state index in [2.05, 4.69) is 46.1 Å². The van der Waals surface area contributed by atoms with Gasteiger partial charge in [0.1, 0.15) is 5.82 Å². The highest BCUT2D eigenvalue weighted by Crippen LogP contribution is 2.21. The first kappa shape index (κ1) is 11.8. The van der Waals surface area contributed by atoms with Crippen molar-refractivity contribution in [2.45, 2.75) is 4.90 Å². The van der Waals surface area contributed by atoms with Crippen molar-refractivity contribution in [1.29, 1.82) is 0 Å². The summed E-state index contributed by atoms with van der Waals surface area (Å²) in [4.78, 5) is 5.44. The maximum absolute atomic E-state index is 4.17. The van der Waals surface area contributed by atoms with Crippen molar-refractivity contribution in [3.63, 3.8) is 0 Å². The van der Waals surface area contributed by atoms with Gasteiger partial charge in [-0.3, -0.25) is 0 Å². The van der Waals surface area contributed by atoms with Crippen molar-refractivity contribution in [3.05, 3.63) is 42.6 Å². The first-order valence-electron chi connectivity index (χ1n) is 5.36. The van der Waals surface area contributed by atoms with Gasteiger partial charge in [-0.25, -0.2) is 4.98 Å². The average molecular weight is 245 g/mol. The van der Waals surface area contributed by atoms with Gasteiger partial charge >= 0.3 is 0 Å². The van der Waals surface area contributed by atoms with Gasteiger partial charge in [-0.1, -0.05) is 0 Å². The fraction of sp³-hybridized carbons (Fsp3) is 0.154. The maximum Gasteiger partial charge on any atom is 0.127 e. The molecule has 1 heterocycles. The summed E-state index contributed by atoms with van der Waals surface area (Å²) in [5.41, 5.74) is 2.11. The van der Waals surface area contributed by atoms with Gasteiger partial charge < -0.3 is 10.6 Å². The average Bonchev–Trinajstić information content (AvgIpc) is 2.40. The minimum absolute atomic E-state index is 0.857. The molecule has 0 saturated carbocycles. The summed E-state index contributed by atoms with van der Waals surface area (Å²) < 4.78 is 0. The van der Waals surface area contributed by atoms with Crippen LogP contribution in [0.1, 0.15) is 0 Å². The number of pyridine rings is 1. The molecular formula is C13H15N3S. The van der Waals surface area contributed by atoms with Gasteiger partial charge in [0.15, 0.2) is 0 Å². The molecule has 0 atom stereocenters. The van der Waals surface area contributed by atoms with Crippen LogP contribution in [0.2, 0.25) is 0 Å². The van der Waals surface area contributed by atoms with E-state index >= 15 is 0 Å². The highest BCUT2D eigenvalue weighted by Gasteiger charge is 1.97. The van der Waals surface area contributed by atoms with Crippen LogP contribution in [0.15, 0.2) is 47.5 Å². The first-order valence-corrected chi connectivity index (χ1v) is 6.59. The standard InChI is InChI=1S/C13H15N3S/c1-14-13-9-11(7-8-15-13)16-10-3-5-12(17-2)6-4-10/h3-9H,1-2H3,(H2,14,15,16). The molecule has 0 spiro atoms. The third-order valence-corrected chi connectivity index (χ3v) is 3.14. The largest absolute Gasteiger partial charge is 0.373 e. The second-order valence-corrected chi connectivity index (χ2v) is 4.41. The van der Waals surface area contributed by atoms with Crippen LogP contribution in [-0.4, -0.2) is 18.3 Å². The zero-order valence-electron chi connectivity index (χ0n) is 9.90. The minimum Gasteiger partial charge on any atom is -0.373 e. The minimum atomic E-state index is 0.857. The Labute approximate surface area is 106 Å². The molecule has 0 fully saturated rings. The lowest BCUT2D eigenvalue weighted by Crippen LogP contribution is -1.95. The molecule has 2 aromatic rings. The van der Waals surface area contributed by atoms with Crippen molar-refractivity contribution in [2.75, 3.05) is 23.9 Å². The molecule has 0 saturated heterocycles. The van der Waals surface area contributed by atoms with Crippen LogP contribution in [0, 0.1) is 0 Å². The number of nitrogens with zero attached hydrogens (tertiary/aromatic N) is 1. The van der Waals surface area contributed by atoms with Crippen molar-refractivity contribution >= 4 is 29.0 Å². The van der Waals surface area contributed by atoms with Crippen LogP contribution in [0.25, 0.3) is 0 Å². The normalized spacial score (nSPS) is 10.0. The van der Waals surface area contributed by atoms with E-state index in [-0.39, 0.29) is 0 Å². The third kappa shape index (κ3) is 3.14. The molecule has 3 nitrogen and oxygen atoms in total. The molecule has 0 bridgehead atoms. The van der Waals surface area contributed by atoms with Gasteiger partial charge in [-0.05, 0) is 36.6 Å². The Morgan fingerprint density at radius 3 is 2.47 bits per heavy atom. The molecule has 2 rings (SSSR count). The lowest BCUT2D eigenvalue weighted by molar-refractivity contribution is 1.28. The van der Waals surface area contributed by atoms with E-state index in [4.69, 9.17) is 0 Å². The Hall–Kier alpha value is -1.68. The molecule has 0 aliphatic heterocycles. The summed E-state index contributed by atoms with van der Waals surface area (Å²) in [6.07, 6.45) is 3.86. The van der Waals surface area contributed by atoms with Crippen molar-refractivity contribution in [1.82, 2.24) is 4.98 Å². The number of rotatable bonds is 4. The predicted octanol–water partition coefficient (Wildman–Crippen LogP) is 3.59. The molecule has 0 aliphatic carbocycles. The highest BCUT2D eigenvalue weighted by molar-refractivity contribution is 7.98. The van der Waals surface area contributed by atoms with E-state index in [0.29, 0.717) is 0 Å². The quantitative estimate of drug-likeness (QED) is 0.807. The van der Waals surface area contributed by atoms with Crippen LogP contribution in [0.4, 0.5) is 17.2 Å². The third-order valence-electron chi connectivity index (χ3n) is 2.39. The van der Waals surface area contributed by atoms with E-state index in [1.165, 1.54) is 4.90 Å². The summed E-state index contributed by atoms with van der Waals surface area (Å²) in [6.45, 7) is 0. The van der Waals surface area contributed by atoms with Gasteiger partial charge in [-0.2, -0.15) is 0 Å². The van der Waals surface area contributed by atoms with E-state index in [9.17, 15) is 0 Å². The van der Waals surface area contributed by atoms with Crippen molar-refractivity contribution < 1.29 is 0 Å². The summed E-state index contributed by atoms with van der Waals surface area (Å²) >= 11 is 1.74. The number of nitrogens with one attached hydrogen (secondary N) is 2. The maximum atomic E-state index is 4.17. The number of anilines is 3. The lowest BCUT2D eigenvalue weighted by Gasteiger charge is -2.08. The zero-order valence-corrected chi connectivity index (χ0v) is 10.7. The van der Waals surface area contributed by atoms with E-state index in [0.717, 1.165) is 17.2 Å². The number of hydrogen-bond donors (Lipinski definition) is 2. The molecule has 1 aromatic heterocycles. The number of aromatic nitrogens is 1. The molecule has 1 aromatic carbocycles. The van der Waals surface area contributed by atoms with Gasteiger partial charge in [0.05, 0.1) is 0 Å². The lowest BCUT2D eigenvalue weighted by atomic mass is 10.3. The van der Waals surface area contributed by atoms with Gasteiger partial charge in [0.25, 0.3) is 0 Å². The second-order valence-electron chi connectivity index (χ2n) is 3.53. The van der Waals surface area contributed by atoms with Crippen LogP contribution in [0.3, 0.4) is 0 Å². The second kappa shape index (κ2) is 5.59. The van der Waals surface area contributed by atoms with Crippen molar-refractivity contribution in [3.8, 4) is 0 Å². The van der Waals surface area contributed by atoms with E-state index in [1.807, 2.05) is 19.2 Å². The summed E-state index contributed by atoms with van der Waals surface area (Å²) in [6, 6.07) is 12.3. The van der Waals surface area contributed by atoms with E-state index in [1.54, 1.807) is 18.0 Å². The SMILES string of the molecule is CNc1cc(Nc2ccc(SC)cc2)ccn1. The molecule has 0 radical (unpaired) electrons. The number of benzene rings is 1. The molecule has 88 valence electrons. The van der Waals surface area contributed by atoms with Gasteiger partial charge in [0, 0.05) is 35.6 Å². The molecule has 17 heavy (non-hydrogen) atoms. The molecule has 4 heteroatoms. The highest BCUT2D eigenvalue weighted by atomic mass is 32.2. The van der Waals surface area contributed by atoms with Crippen LogP contribution >= 0.6 is 11.8 Å². The summed E-state index contributed by atoms with van der Waals surface area (Å²) in [7, 11) is 1.86. The van der Waals surface area contributed by atoms with Crippen LogP contribution in [-0.2, 0) is 0 Å². The zero-order chi connectivity index (χ0) is 12.1. The topological polar surface area (TPSA) is 37.0 Å². The van der Waals surface area contributed by atoms with Gasteiger partial charge in [-0.15, -0.1) is 11.8 Å². The summed E-state index contributed by atoms with van der Waals surface area (Å²) in [5.74, 6) is 0.857. The Balaban J connectivity index is 2.13. The van der Waals surface area contributed by atoms with E-state index < -0.39 is 0 Å². The fourth-order valence-corrected chi connectivity index (χ4v) is 1.89. The molecule has 2 N–H and O–H groups in total. The summed E-state index contributed by atoms with van der Waals surface area (Å²) in [5, 5.41) is 6.36. The Morgan fingerprint density at radius 1 is 1.06 bits per heavy atom. The molecule has 0 amide bonds. The fourth-order valence-electron chi connectivity index (χ4n) is 1.49. The first-order chi connectivity index (χ1) is 8.31. The number of hydrogen-bond acceptors (Lipinski definition) is 4. The van der Waals surface area contributed by atoms with Crippen molar-refractivity contribution in [2.24, 2.45) is 0 Å². The smallest absolute Gasteiger partial charge is 0.127 e. The Morgan fingerprint density at radius 2 is 1.82 bits per heavy atom. The molecule has 0 aliphatic rings.